The molecule has 0 bridgehead atoms. The van der Waals surface area contributed by atoms with E-state index in [1.807, 2.05) is 0 Å². The molecule has 0 aliphatic heterocycles. The van der Waals surface area contributed by atoms with Crippen molar-refractivity contribution in [3.8, 4) is 17.1 Å². The zero-order valence-corrected chi connectivity index (χ0v) is 8.66. The normalized spacial score (nSPS) is 10.6. The third kappa shape index (κ3) is 1.68. The van der Waals surface area contributed by atoms with Crippen LogP contribution in [-0.4, -0.2) is 14.7 Å². The highest BCUT2D eigenvalue weighted by molar-refractivity contribution is 6.31. The number of aryl methyl sites for hydroxylation is 1. The lowest BCUT2D eigenvalue weighted by atomic mass is 10.2. The summed E-state index contributed by atoms with van der Waals surface area (Å²) in [5.74, 6) is -0.285. The van der Waals surface area contributed by atoms with Gasteiger partial charge in [0.2, 0.25) is 0 Å². The highest BCUT2D eigenvalue weighted by Gasteiger charge is 2.12. The van der Waals surface area contributed by atoms with Gasteiger partial charge in [0.05, 0.1) is 10.6 Å². The van der Waals surface area contributed by atoms with E-state index in [4.69, 9.17) is 11.6 Å². The van der Waals surface area contributed by atoms with E-state index in [1.165, 1.54) is 6.07 Å². The Morgan fingerprint density at radius 1 is 1.47 bits per heavy atom. The Labute approximate surface area is 90.8 Å². The van der Waals surface area contributed by atoms with Crippen LogP contribution < -0.4 is 0 Å². The molecule has 5 heteroatoms. The van der Waals surface area contributed by atoms with Gasteiger partial charge >= 0.3 is 0 Å². The van der Waals surface area contributed by atoms with Crippen LogP contribution in [0.4, 0.5) is 4.39 Å². The van der Waals surface area contributed by atoms with E-state index in [0.717, 1.165) is 6.07 Å². The molecule has 2 rings (SSSR count). The fourth-order valence-corrected chi connectivity index (χ4v) is 1.50. The molecule has 0 spiro atoms. The van der Waals surface area contributed by atoms with Gasteiger partial charge in [0, 0.05) is 25.5 Å². The standard InChI is InChI=1S/C10H8ClFN2O/c1-14-3-2-13-10(14)6-4-7(11)8(12)5-9(6)15/h2-5,15H,1H3. The fraction of sp³-hybridized carbons (Fsp3) is 0.100. The molecule has 2 aromatic rings. The molecule has 3 nitrogen and oxygen atoms in total. The van der Waals surface area contributed by atoms with E-state index in [2.05, 4.69) is 4.98 Å². The highest BCUT2D eigenvalue weighted by Crippen LogP contribution is 2.32. The van der Waals surface area contributed by atoms with Gasteiger partial charge in [-0.15, -0.1) is 0 Å². The molecule has 1 N–H and O–H groups in total. The number of phenolic OH excluding ortho intramolecular Hbond substituents is 1. The smallest absolute Gasteiger partial charge is 0.145 e. The summed E-state index contributed by atoms with van der Waals surface area (Å²) in [6.45, 7) is 0. The van der Waals surface area contributed by atoms with Gasteiger partial charge in [-0.25, -0.2) is 9.37 Å². The number of aromatic hydroxyl groups is 1. The van der Waals surface area contributed by atoms with Crippen LogP contribution in [0.3, 0.4) is 0 Å². The molecule has 0 aliphatic rings. The van der Waals surface area contributed by atoms with Crippen molar-refractivity contribution in [2.45, 2.75) is 0 Å². The first-order chi connectivity index (χ1) is 7.09. The minimum absolute atomic E-state index is 0.0363. The average molecular weight is 227 g/mol. The highest BCUT2D eigenvalue weighted by atomic mass is 35.5. The number of phenols is 1. The molecule has 0 aliphatic carbocycles. The molecule has 15 heavy (non-hydrogen) atoms. The maximum absolute atomic E-state index is 13.0. The zero-order valence-electron chi connectivity index (χ0n) is 7.91. The van der Waals surface area contributed by atoms with Gasteiger partial charge in [-0.3, -0.25) is 0 Å². The van der Waals surface area contributed by atoms with Crippen LogP contribution in [0.5, 0.6) is 5.75 Å². The van der Waals surface area contributed by atoms with Crippen LogP contribution in [0.1, 0.15) is 0 Å². The molecule has 0 atom stereocenters. The maximum atomic E-state index is 13.0. The van der Waals surface area contributed by atoms with Gasteiger partial charge in [0.15, 0.2) is 0 Å². The van der Waals surface area contributed by atoms with Gasteiger partial charge in [0.25, 0.3) is 0 Å². The molecule has 0 saturated heterocycles. The van der Waals surface area contributed by atoms with Gasteiger partial charge in [-0.05, 0) is 6.07 Å². The Morgan fingerprint density at radius 3 is 2.80 bits per heavy atom. The second-order valence-electron chi connectivity index (χ2n) is 3.15. The molecular formula is C10H8ClFN2O. The number of aromatic nitrogens is 2. The summed E-state index contributed by atoms with van der Waals surface area (Å²) in [4.78, 5) is 4.04. The molecule has 1 heterocycles. The Kier molecular flexibility index (Phi) is 2.36. The van der Waals surface area contributed by atoms with Gasteiger partial charge in [-0.2, -0.15) is 0 Å². The summed E-state index contributed by atoms with van der Waals surface area (Å²) in [7, 11) is 1.78. The van der Waals surface area contributed by atoms with Crippen LogP contribution in [0.15, 0.2) is 24.5 Å². The van der Waals surface area contributed by atoms with E-state index in [9.17, 15) is 9.50 Å². The van der Waals surface area contributed by atoms with Crippen LogP contribution in [0.2, 0.25) is 5.02 Å². The van der Waals surface area contributed by atoms with Crippen LogP contribution in [-0.2, 0) is 7.05 Å². The average Bonchev–Trinajstić information content (AvgIpc) is 2.58. The first-order valence-corrected chi connectivity index (χ1v) is 4.63. The topological polar surface area (TPSA) is 38.0 Å². The van der Waals surface area contributed by atoms with E-state index in [-0.39, 0.29) is 10.8 Å². The number of hydrogen-bond acceptors (Lipinski definition) is 2. The minimum atomic E-state index is -0.646. The third-order valence-corrected chi connectivity index (χ3v) is 2.39. The third-order valence-electron chi connectivity index (χ3n) is 2.10. The summed E-state index contributed by atoms with van der Waals surface area (Å²) in [6, 6.07) is 2.33. The first-order valence-electron chi connectivity index (χ1n) is 4.25. The number of benzene rings is 1. The Bertz CT molecular complexity index is 510. The molecular weight excluding hydrogens is 219 g/mol. The molecule has 0 saturated carbocycles. The van der Waals surface area contributed by atoms with Crippen LogP contribution in [0.25, 0.3) is 11.4 Å². The Balaban J connectivity index is 2.64. The Hall–Kier alpha value is -1.55. The van der Waals surface area contributed by atoms with E-state index >= 15 is 0 Å². The largest absolute Gasteiger partial charge is 0.507 e. The van der Waals surface area contributed by atoms with Gasteiger partial charge in [-0.1, -0.05) is 11.6 Å². The van der Waals surface area contributed by atoms with E-state index in [0.29, 0.717) is 11.4 Å². The predicted octanol–water partition coefficient (Wildman–Crippen LogP) is 2.59. The van der Waals surface area contributed by atoms with Crippen molar-refractivity contribution in [2.24, 2.45) is 7.05 Å². The predicted molar refractivity (Wildman–Crippen MR) is 55.3 cm³/mol. The number of rotatable bonds is 1. The van der Waals surface area contributed by atoms with Crippen molar-refractivity contribution in [1.29, 1.82) is 0 Å². The number of imidazole rings is 1. The summed E-state index contributed by atoms with van der Waals surface area (Å²) in [5.41, 5.74) is 0.411. The SMILES string of the molecule is Cn1ccnc1-c1cc(Cl)c(F)cc1O. The van der Waals surface area contributed by atoms with Crippen molar-refractivity contribution in [1.82, 2.24) is 9.55 Å². The molecule has 78 valence electrons. The number of nitrogens with zero attached hydrogens (tertiary/aromatic N) is 2. The maximum Gasteiger partial charge on any atom is 0.145 e. The second kappa shape index (κ2) is 3.55. The summed E-state index contributed by atoms with van der Waals surface area (Å²) in [6.07, 6.45) is 3.32. The van der Waals surface area contributed by atoms with Crippen molar-refractivity contribution >= 4 is 11.6 Å². The van der Waals surface area contributed by atoms with Gasteiger partial charge < -0.3 is 9.67 Å². The number of hydrogen-bond donors (Lipinski definition) is 1. The minimum Gasteiger partial charge on any atom is -0.507 e. The lowest BCUT2D eigenvalue weighted by molar-refractivity contribution is 0.470. The monoisotopic (exact) mass is 226 g/mol. The molecule has 0 unspecified atom stereocenters. The zero-order chi connectivity index (χ0) is 11.0. The fourth-order valence-electron chi connectivity index (χ4n) is 1.34. The lowest BCUT2D eigenvalue weighted by Crippen LogP contribution is -1.92. The van der Waals surface area contributed by atoms with Gasteiger partial charge in [0.1, 0.15) is 17.4 Å². The molecule has 1 aromatic carbocycles. The van der Waals surface area contributed by atoms with E-state index in [1.54, 1.807) is 24.0 Å². The Morgan fingerprint density at radius 2 is 2.20 bits per heavy atom. The number of halogens is 2. The van der Waals surface area contributed by atoms with E-state index < -0.39 is 5.82 Å². The molecule has 0 fully saturated rings. The van der Waals surface area contributed by atoms with Crippen molar-refractivity contribution in [2.75, 3.05) is 0 Å². The summed E-state index contributed by atoms with van der Waals surface area (Å²) >= 11 is 5.63. The van der Waals surface area contributed by atoms with Crippen molar-refractivity contribution in [3.63, 3.8) is 0 Å². The van der Waals surface area contributed by atoms with Crippen molar-refractivity contribution in [3.05, 3.63) is 35.4 Å². The van der Waals surface area contributed by atoms with Crippen LogP contribution in [0, 0.1) is 5.82 Å². The first kappa shape index (κ1) is 9.98. The summed E-state index contributed by atoms with van der Waals surface area (Å²) in [5, 5.41) is 9.52. The lowest BCUT2D eigenvalue weighted by Gasteiger charge is -2.05. The molecule has 0 amide bonds. The summed E-state index contributed by atoms with van der Waals surface area (Å²) < 4.78 is 14.7. The van der Waals surface area contributed by atoms with Crippen LogP contribution >= 0.6 is 11.6 Å². The second-order valence-corrected chi connectivity index (χ2v) is 3.55. The molecule has 1 aromatic heterocycles. The quantitative estimate of drug-likeness (QED) is 0.812. The molecule has 0 radical (unpaired) electrons. The van der Waals surface area contributed by atoms with Crippen molar-refractivity contribution < 1.29 is 9.50 Å².